The number of hydrogen-bond acceptors (Lipinski definition) is 2. The molecule has 0 N–H and O–H groups in total. The van der Waals surface area contributed by atoms with Gasteiger partial charge in [0.05, 0.1) is 11.4 Å². The van der Waals surface area contributed by atoms with Crippen LogP contribution in [0.5, 0.6) is 0 Å². The first kappa shape index (κ1) is 36.4. The molecule has 12 rings (SSSR count). The van der Waals surface area contributed by atoms with Gasteiger partial charge in [0, 0.05) is 22.1 Å². The van der Waals surface area contributed by atoms with Crippen LogP contribution in [-0.2, 0) is 5.41 Å². The summed E-state index contributed by atoms with van der Waals surface area (Å²) in [5.74, 6) is 0.714. The van der Waals surface area contributed by atoms with E-state index in [9.17, 15) is 0 Å². The zero-order valence-corrected chi connectivity index (χ0v) is 34.6. The average molecular weight is 793 g/mol. The van der Waals surface area contributed by atoms with Crippen molar-refractivity contribution in [2.75, 3.05) is 0 Å². The van der Waals surface area contributed by atoms with Crippen LogP contribution in [0, 0.1) is 0 Å². The minimum absolute atomic E-state index is 0.105. The van der Waals surface area contributed by atoms with Crippen LogP contribution in [0.1, 0.15) is 43.2 Å². The molecule has 0 unspecified atom stereocenters. The second kappa shape index (κ2) is 14.9. The van der Waals surface area contributed by atoms with Crippen molar-refractivity contribution in [2.45, 2.75) is 37.5 Å². The van der Waals surface area contributed by atoms with Gasteiger partial charge in [0.1, 0.15) is 0 Å². The molecule has 2 aliphatic rings. The Hall–Kier alpha value is -7.42. The first-order valence-corrected chi connectivity index (χ1v) is 22.1. The van der Waals surface area contributed by atoms with E-state index < -0.39 is 0 Å². The highest BCUT2D eigenvalue weighted by molar-refractivity contribution is 6.22. The molecule has 0 aliphatic heterocycles. The molecule has 2 nitrogen and oxygen atoms in total. The average Bonchev–Trinajstić information content (AvgIpc) is 3.61. The minimum atomic E-state index is 0.105. The maximum atomic E-state index is 5.26. The lowest BCUT2D eigenvalue weighted by Gasteiger charge is -2.36. The predicted molar refractivity (Wildman–Crippen MR) is 259 cm³/mol. The minimum Gasteiger partial charge on any atom is -0.228 e. The van der Waals surface area contributed by atoms with Crippen molar-refractivity contribution in [3.63, 3.8) is 0 Å². The SMILES string of the molecule is c1ccc(-c2cc(-c3ccc4c(-c5ccccc5)c5cc(-c6ccc7c(c6)C6(CCCCC6)c6ccccc6-7)ccc5c(-c5ccccc5)c4c3)nc(-c3ccccc3)n2)cc1. The maximum Gasteiger partial charge on any atom is 0.160 e. The van der Waals surface area contributed by atoms with Crippen molar-refractivity contribution < 1.29 is 0 Å². The number of aromatic nitrogens is 2. The van der Waals surface area contributed by atoms with E-state index in [4.69, 9.17) is 9.97 Å². The summed E-state index contributed by atoms with van der Waals surface area (Å²) in [7, 11) is 0. The largest absolute Gasteiger partial charge is 0.228 e. The van der Waals surface area contributed by atoms with Crippen LogP contribution in [0.3, 0.4) is 0 Å². The van der Waals surface area contributed by atoms with Crippen LogP contribution < -0.4 is 0 Å². The van der Waals surface area contributed by atoms with Crippen LogP contribution in [0.25, 0.3) is 100.0 Å². The summed E-state index contributed by atoms with van der Waals surface area (Å²) in [6.45, 7) is 0. The van der Waals surface area contributed by atoms with Gasteiger partial charge in [-0.3, -0.25) is 0 Å². The van der Waals surface area contributed by atoms with E-state index in [2.05, 4.69) is 182 Å². The van der Waals surface area contributed by atoms with E-state index >= 15 is 0 Å². The molecular weight excluding hydrogens is 749 g/mol. The van der Waals surface area contributed by atoms with Crippen molar-refractivity contribution in [3.8, 4) is 78.4 Å². The maximum absolute atomic E-state index is 5.26. The van der Waals surface area contributed by atoms with Crippen molar-refractivity contribution in [1.29, 1.82) is 0 Å². The van der Waals surface area contributed by atoms with Crippen LogP contribution in [0.2, 0.25) is 0 Å². The molecule has 1 saturated carbocycles. The molecule has 1 spiro atoms. The molecule has 1 heterocycles. The van der Waals surface area contributed by atoms with Gasteiger partial charge in [0.15, 0.2) is 5.82 Å². The first-order valence-electron chi connectivity index (χ1n) is 22.1. The van der Waals surface area contributed by atoms with Gasteiger partial charge < -0.3 is 0 Å². The topological polar surface area (TPSA) is 25.8 Å². The van der Waals surface area contributed by atoms with Gasteiger partial charge in [-0.1, -0.05) is 201 Å². The smallest absolute Gasteiger partial charge is 0.160 e. The Balaban J connectivity index is 1.10. The van der Waals surface area contributed by atoms with Gasteiger partial charge in [-0.2, -0.15) is 0 Å². The number of hydrogen-bond donors (Lipinski definition) is 0. The highest BCUT2D eigenvalue weighted by Gasteiger charge is 2.43. The molecule has 0 saturated heterocycles. The molecule has 0 atom stereocenters. The fourth-order valence-corrected chi connectivity index (χ4v) is 10.8. The Morgan fingerprint density at radius 3 is 1.40 bits per heavy atom. The van der Waals surface area contributed by atoms with Crippen molar-refractivity contribution in [3.05, 3.63) is 217 Å². The zero-order valence-electron chi connectivity index (χ0n) is 34.6. The fourth-order valence-electron chi connectivity index (χ4n) is 10.8. The molecule has 0 radical (unpaired) electrons. The quantitative estimate of drug-likeness (QED) is 0.157. The number of rotatable bonds is 6. The summed E-state index contributed by atoms with van der Waals surface area (Å²) in [6.07, 6.45) is 6.34. The predicted octanol–water partition coefficient (Wildman–Crippen LogP) is 16.0. The second-order valence-electron chi connectivity index (χ2n) is 17.1. The molecule has 294 valence electrons. The lowest BCUT2D eigenvalue weighted by atomic mass is 9.67. The van der Waals surface area contributed by atoms with Gasteiger partial charge in [-0.15, -0.1) is 0 Å². The fraction of sp³-hybridized carbons (Fsp3) is 0.100. The Morgan fingerprint density at radius 2 is 0.774 bits per heavy atom. The summed E-state index contributed by atoms with van der Waals surface area (Å²) >= 11 is 0. The second-order valence-corrected chi connectivity index (χ2v) is 17.1. The van der Waals surface area contributed by atoms with Crippen molar-refractivity contribution >= 4 is 21.5 Å². The summed E-state index contributed by atoms with van der Waals surface area (Å²) in [6, 6.07) is 75.5. The van der Waals surface area contributed by atoms with E-state index in [1.165, 1.54) is 109 Å². The normalized spacial score (nSPS) is 13.9. The lowest BCUT2D eigenvalue weighted by molar-refractivity contribution is 0.353. The van der Waals surface area contributed by atoms with E-state index in [1.807, 2.05) is 24.3 Å². The Kier molecular flexibility index (Phi) is 8.78. The number of fused-ring (bicyclic) bond motifs is 7. The molecular formula is C60H44N2. The molecule has 9 aromatic carbocycles. The first-order chi connectivity index (χ1) is 30.7. The zero-order chi connectivity index (χ0) is 41.0. The molecule has 10 aromatic rings. The van der Waals surface area contributed by atoms with Crippen molar-refractivity contribution in [2.24, 2.45) is 0 Å². The molecule has 1 aromatic heterocycles. The monoisotopic (exact) mass is 792 g/mol. The van der Waals surface area contributed by atoms with E-state index in [0.29, 0.717) is 5.82 Å². The van der Waals surface area contributed by atoms with Gasteiger partial charge in [0.25, 0.3) is 0 Å². The molecule has 0 bridgehead atoms. The van der Waals surface area contributed by atoms with Crippen LogP contribution >= 0.6 is 0 Å². The van der Waals surface area contributed by atoms with E-state index in [-0.39, 0.29) is 5.41 Å². The summed E-state index contributed by atoms with van der Waals surface area (Å²) in [5, 5.41) is 4.90. The summed E-state index contributed by atoms with van der Waals surface area (Å²) < 4.78 is 0. The third kappa shape index (κ3) is 6.01. The lowest BCUT2D eigenvalue weighted by Crippen LogP contribution is -2.28. The standard InChI is InChI=1S/C60H44N2/c1-6-18-40(19-7-1)55-39-56(62-59(61-55)43-24-12-4-13-25-43)46-30-33-50-52(37-46)58(42-22-10-3-11-23-42)49-32-29-44(36-51(49)57(50)41-20-8-2-9-21-41)45-28-31-48-47-26-14-15-27-53(47)60(54(48)38-45)34-16-5-17-35-60/h1-4,6-15,18-33,36-39H,5,16-17,34-35H2. The van der Waals surface area contributed by atoms with Crippen LogP contribution in [0.4, 0.5) is 0 Å². The molecule has 2 heteroatoms. The molecule has 2 aliphatic carbocycles. The Labute approximate surface area is 363 Å². The highest BCUT2D eigenvalue weighted by atomic mass is 14.9. The summed E-state index contributed by atoms with van der Waals surface area (Å²) in [5.41, 5.74) is 18.3. The van der Waals surface area contributed by atoms with Crippen LogP contribution in [0.15, 0.2) is 206 Å². The highest BCUT2D eigenvalue weighted by Crippen LogP contribution is 2.56. The van der Waals surface area contributed by atoms with E-state index in [1.54, 1.807) is 0 Å². The summed E-state index contributed by atoms with van der Waals surface area (Å²) in [4.78, 5) is 10.4. The molecule has 62 heavy (non-hydrogen) atoms. The van der Waals surface area contributed by atoms with Gasteiger partial charge in [-0.25, -0.2) is 9.97 Å². The Bertz CT molecular complexity index is 3240. The van der Waals surface area contributed by atoms with Crippen molar-refractivity contribution in [1.82, 2.24) is 9.97 Å². The third-order valence-electron chi connectivity index (χ3n) is 13.7. The third-order valence-corrected chi connectivity index (χ3v) is 13.7. The van der Waals surface area contributed by atoms with E-state index in [0.717, 1.165) is 28.1 Å². The Morgan fingerprint density at radius 1 is 0.306 bits per heavy atom. The van der Waals surface area contributed by atoms with Crippen LogP contribution in [-0.4, -0.2) is 9.97 Å². The molecule has 1 fully saturated rings. The molecule has 0 amide bonds. The van der Waals surface area contributed by atoms with Gasteiger partial charge in [-0.05, 0) is 114 Å². The van der Waals surface area contributed by atoms with Gasteiger partial charge >= 0.3 is 0 Å². The number of benzene rings is 9. The van der Waals surface area contributed by atoms with Gasteiger partial charge in [0.2, 0.25) is 0 Å². The number of nitrogens with zero attached hydrogens (tertiary/aromatic N) is 2.